The quantitative estimate of drug-likeness (QED) is 0.607. The molecule has 1 amide bonds. The van der Waals surface area contributed by atoms with Crippen LogP contribution in [0.1, 0.15) is 46.0 Å². The SMILES string of the molecule is CCCCCN(CCC)C(=O)CCN. The van der Waals surface area contributed by atoms with Crippen molar-refractivity contribution in [1.82, 2.24) is 4.90 Å². The molecule has 0 heterocycles. The summed E-state index contributed by atoms with van der Waals surface area (Å²) < 4.78 is 0. The summed E-state index contributed by atoms with van der Waals surface area (Å²) >= 11 is 0. The van der Waals surface area contributed by atoms with Gasteiger partial charge in [0.05, 0.1) is 0 Å². The molecule has 3 nitrogen and oxygen atoms in total. The number of nitrogens with two attached hydrogens (primary N) is 1. The first-order valence-electron chi connectivity index (χ1n) is 5.74. The van der Waals surface area contributed by atoms with Gasteiger partial charge in [0.1, 0.15) is 0 Å². The van der Waals surface area contributed by atoms with Gasteiger partial charge in [0.2, 0.25) is 5.91 Å². The predicted octanol–water partition coefficient (Wildman–Crippen LogP) is 1.76. The van der Waals surface area contributed by atoms with Gasteiger partial charge in [-0.05, 0) is 12.8 Å². The Kier molecular flexibility index (Phi) is 8.64. The van der Waals surface area contributed by atoms with Crippen molar-refractivity contribution in [3.05, 3.63) is 0 Å². The van der Waals surface area contributed by atoms with Crippen LogP contribution in [-0.2, 0) is 4.79 Å². The van der Waals surface area contributed by atoms with E-state index in [4.69, 9.17) is 5.73 Å². The molecular formula is C11H24N2O. The Labute approximate surface area is 87.6 Å². The van der Waals surface area contributed by atoms with Gasteiger partial charge in [-0.15, -0.1) is 0 Å². The van der Waals surface area contributed by atoms with Crippen molar-refractivity contribution in [2.75, 3.05) is 19.6 Å². The molecule has 0 atom stereocenters. The van der Waals surface area contributed by atoms with E-state index in [0.717, 1.165) is 25.9 Å². The molecule has 3 heteroatoms. The Morgan fingerprint density at radius 2 is 1.86 bits per heavy atom. The summed E-state index contributed by atoms with van der Waals surface area (Å²) in [5, 5.41) is 0. The summed E-state index contributed by atoms with van der Waals surface area (Å²) in [6, 6.07) is 0. The second-order valence-corrected chi connectivity index (χ2v) is 3.63. The average molecular weight is 200 g/mol. The van der Waals surface area contributed by atoms with E-state index < -0.39 is 0 Å². The normalized spacial score (nSPS) is 10.2. The molecule has 0 aliphatic heterocycles. The van der Waals surface area contributed by atoms with E-state index in [0.29, 0.717) is 13.0 Å². The van der Waals surface area contributed by atoms with E-state index in [1.165, 1.54) is 12.8 Å². The van der Waals surface area contributed by atoms with Crippen molar-refractivity contribution in [2.45, 2.75) is 46.0 Å². The molecule has 0 aromatic rings. The Morgan fingerprint density at radius 3 is 2.36 bits per heavy atom. The molecule has 0 spiro atoms. The Morgan fingerprint density at radius 1 is 1.14 bits per heavy atom. The van der Waals surface area contributed by atoms with Gasteiger partial charge in [0.25, 0.3) is 0 Å². The maximum atomic E-state index is 11.6. The van der Waals surface area contributed by atoms with Gasteiger partial charge >= 0.3 is 0 Å². The van der Waals surface area contributed by atoms with Gasteiger partial charge in [-0.25, -0.2) is 0 Å². The number of rotatable bonds is 8. The molecule has 0 unspecified atom stereocenters. The minimum atomic E-state index is 0.213. The standard InChI is InChI=1S/C11H24N2O/c1-3-5-6-10-13(9-4-2)11(14)7-8-12/h3-10,12H2,1-2H3. The van der Waals surface area contributed by atoms with Crippen molar-refractivity contribution in [1.29, 1.82) is 0 Å². The van der Waals surface area contributed by atoms with Gasteiger partial charge < -0.3 is 10.6 Å². The van der Waals surface area contributed by atoms with Crippen molar-refractivity contribution >= 4 is 5.91 Å². The van der Waals surface area contributed by atoms with Gasteiger partial charge in [-0.1, -0.05) is 26.7 Å². The molecule has 2 N–H and O–H groups in total. The second-order valence-electron chi connectivity index (χ2n) is 3.63. The molecule has 0 aliphatic rings. The third-order valence-corrected chi connectivity index (χ3v) is 2.24. The van der Waals surface area contributed by atoms with Crippen molar-refractivity contribution in [2.24, 2.45) is 5.73 Å². The molecule has 0 aromatic heterocycles. The van der Waals surface area contributed by atoms with Crippen LogP contribution in [-0.4, -0.2) is 30.4 Å². The van der Waals surface area contributed by atoms with Crippen molar-refractivity contribution in [3.63, 3.8) is 0 Å². The lowest BCUT2D eigenvalue weighted by molar-refractivity contribution is -0.131. The molecular weight excluding hydrogens is 176 g/mol. The highest BCUT2D eigenvalue weighted by atomic mass is 16.2. The first-order chi connectivity index (χ1) is 6.76. The van der Waals surface area contributed by atoms with E-state index in [-0.39, 0.29) is 5.91 Å². The van der Waals surface area contributed by atoms with Crippen LogP contribution in [0.2, 0.25) is 0 Å². The maximum Gasteiger partial charge on any atom is 0.223 e. The number of nitrogens with zero attached hydrogens (tertiary/aromatic N) is 1. The minimum Gasteiger partial charge on any atom is -0.343 e. The second kappa shape index (κ2) is 9.00. The van der Waals surface area contributed by atoms with E-state index in [1.807, 2.05) is 4.90 Å². The van der Waals surface area contributed by atoms with Crippen LogP contribution in [0.3, 0.4) is 0 Å². The third-order valence-electron chi connectivity index (χ3n) is 2.24. The van der Waals surface area contributed by atoms with Crippen LogP contribution in [0, 0.1) is 0 Å². The lowest BCUT2D eigenvalue weighted by atomic mass is 10.2. The molecule has 0 radical (unpaired) electrons. The monoisotopic (exact) mass is 200 g/mol. The van der Waals surface area contributed by atoms with E-state index >= 15 is 0 Å². The Balaban J connectivity index is 3.81. The van der Waals surface area contributed by atoms with Gasteiger partial charge in [-0.3, -0.25) is 4.79 Å². The van der Waals surface area contributed by atoms with Gasteiger partial charge in [0, 0.05) is 26.1 Å². The first-order valence-corrected chi connectivity index (χ1v) is 5.74. The lowest BCUT2D eigenvalue weighted by Crippen LogP contribution is -2.33. The Bertz CT molecular complexity index is 148. The van der Waals surface area contributed by atoms with Gasteiger partial charge in [0.15, 0.2) is 0 Å². The minimum absolute atomic E-state index is 0.213. The summed E-state index contributed by atoms with van der Waals surface area (Å²) in [5.41, 5.74) is 5.37. The molecule has 0 bridgehead atoms. The average Bonchev–Trinajstić information content (AvgIpc) is 2.17. The van der Waals surface area contributed by atoms with Gasteiger partial charge in [-0.2, -0.15) is 0 Å². The fourth-order valence-corrected chi connectivity index (χ4v) is 1.47. The molecule has 0 saturated heterocycles. The molecule has 0 aromatic carbocycles. The molecule has 0 aliphatic carbocycles. The van der Waals surface area contributed by atoms with Crippen molar-refractivity contribution in [3.8, 4) is 0 Å². The topological polar surface area (TPSA) is 46.3 Å². The zero-order valence-corrected chi connectivity index (χ0v) is 9.59. The molecule has 0 saturated carbocycles. The fourth-order valence-electron chi connectivity index (χ4n) is 1.47. The molecule has 0 fully saturated rings. The molecule has 84 valence electrons. The molecule has 14 heavy (non-hydrogen) atoms. The highest BCUT2D eigenvalue weighted by Gasteiger charge is 2.10. The van der Waals surface area contributed by atoms with Crippen LogP contribution in [0.4, 0.5) is 0 Å². The maximum absolute atomic E-state index is 11.6. The highest BCUT2D eigenvalue weighted by Crippen LogP contribution is 2.01. The van der Waals surface area contributed by atoms with E-state index in [9.17, 15) is 4.79 Å². The number of carbonyl (C=O) groups is 1. The Hall–Kier alpha value is -0.570. The van der Waals surface area contributed by atoms with Crippen LogP contribution in [0.25, 0.3) is 0 Å². The summed E-state index contributed by atoms with van der Waals surface area (Å²) in [4.78, 5) is 13.5. The van der Waals surface area contributed by atoms with Crippen LogP contribution in [0.5, 0.6) is 0 Å². The molecule has 0 rings (SSSR count). The van der Waals surface area contributed by atoms with E-state index in [2.05, 4.69) is 13.8 Å². The predicted molar refractivity (Wildman–Crippen MR) is 60.1 cm³/mol. The zero-order valence-electron chi connectivity index (χ0n) is 9.59. The number of amides is 1. The number of unbranched alkanes of at least 4 members (excludes halogenated alkanes) is 2. The summed E-state index contributed by atoms with van der Waals surface area (Å²) in [7, 11) is 0. The van der Waals surface area contributed by atoms with Crippen LogP contribution < -0.4 is 5.73 Å². The third kappa shape index (κ3) is 5.97. The largest absolute Gasteiger partial charge is 0.343 e. The van der Waals surface area contributed by atoms with Crippen LogP contribution in [0.15, 0.2) is 0 Å². The van der Waals surface area contributed by atoms with Crippen LogP contribution >= 0.6 is 0 Å². The zero-order chi connectivity index (χ0) is 10.8. The number of carbonyl (C=O) groups excluding carboxylic acids is 1. The highest BCUT2D eigenvalue weighted by molar-refractivity contribution is 5.76. The summed E-state index contributed by atoms with van der Waals surface area (Å²) in [5.74, 6) is 0.213. The number of hydrogen-bond donors (Lipinski definition) is 1. The first kappa shape index (κ1) is 13.4. The van der Waals surface area contributed by atoms with Crippen molar-refractivity contribution < 1.29 is 4.79 Å². The summed E-state index contributed by atoms with van der Waals surface area (Å²) in [6.07, 6.45) is 5.04. The smallest absolute Gasteiger partial charge is 0.223 e. The fraction of sp³-hybridized carbons (Fsp3) is 0.909. The number of hydrogen-bond acceptors (Lipinski definition) is 2. The van der Waals surface area contributed by atoms with E-state index in [1.54, 1.807) is 0 Å². The lowest BCUT2D eigenvalue weighted by Gasteiger charge is -2.21. The summed E-state index contributed by atoms with van der Waals surface area (Å²) in [6.45, 7) is 6.52.